The van der Waals surface area contributed by atoms with Crippen LogP contribution in [0.1, 0.15) is 23.5 Å². The van der Waals surface area contributed by atoms with Crippen LogP contribution in [0.3, 0.4) is 0 Å². The molecule has 0 aromatic carbocycles. The van der Waals surface area contributed by atoms with Gasteiger partial charge in [-0.15, -0.1) is 11.3 Å². The first-order valence-electron chi connectivity index (χ1n) is 4.94. The molecule has 0 spiro atoms. The Hall–Kier alpha value is -1.26. The summed E-state index contributed by atoms with van der Waals surface area (Å²) in [6.45, 7) is 3.01. The molecule has 0 aliphatic rings. The van der Waals surface area contributed by atoms with Gasteiger partial charge in [-0.25, -0.2) is 0 Å². The van der Waals surface area contributed by atoms with Gasteiger partial charge in [0.05, 0.1) is 17.9 Å². The lowest BCUT2D eigenvalue weighted by atomic mass is 10.2. The van der Waals surface area contributed by atoms with Crippen LogP contribution in [-0.4, -0.2) is 16.5 Å². The zero-order valence-electron chi connectivity index (χ0n) is 8.55. The van der Waals surface area contributed by atoms with Crippen LogP contribution < -0.4 is 5.32 Å². The summed E-state index contributed by atoms with van der Waals surface area (Å²) in [7, 11) is 0. The van der Waals surface area contributed by atoms with Crippen molar-refractivity contribution in [2.24, 2.45) is 0 Å². The van der Waals surface area contributed by atoms with Crippen molar-refractivity contribution in [1.82, 2.24) is 15.3 Å². The second-order valence-corrected chi connectivity index (χ2v) is 4.12. The predicted molar refractivity (Wildman–Crippen MR) is 61.9 cm³/mol. The average molecular weight is 219 g/mol. The molecular weight excluding hydrogens is 206 g/mol. The Morgan fingerprint density at radius 2 is 2.40 bits per heavy atom. The number of hydrogen-bond donors (Lipinski definition) is 1. The molecule has 78 valence electrons. The lowest BCUT2D eigenvalue weighted by molar-refractivity contribution is 0.621. The van der Waals surface area contributed by atoms with Gasteiger partial charge in [0.1, 0.15) is 0 Å². The minimum atomic E-state index is 0.170. The van der Waals surface area contributed by atoms with E-state index in [0.29, 0.717) is 0 Å². The predicted octanol–water partition coefficient (Wildman–Crippen LogP) is 2.24. The van der Waals surface area contributed by atoms with Gasteiger partial charge in [0, 0.05) is 17.3 Å². The number of aromatic nitrogens is 2. The van der Waals surface area contributed by atoms with Gasteiger partial charge >= 0.3 is 0 Å². The summed E-state index contributed by atoms with van der Waals surface area (Å²) >= 11 is 1.74. The SMILES string of the molecule is CCNC(c1cnccn1)c1cccs1. The molecule has 2 aromatic heterocycles. The molecule has 4 heteroatoms. The van der Waals surface area contributed by atoms with Crippen LogP contribution in [0.15, 0.2) is 36.1 Å². The van der Waals surface area contributed by atoms with Crippen molar-refractivity contribution in [3.8, 4) is 0 Å². The van der Waals surface area contributed by atoms with Crippen LogP contribution in [0.4, 0.5) is 0 Å². The second-order valence-electron chi connectivity index (χ2n) is 3.14. The molecule has 15 heavy (non-hydrogen) atoms. The van der Waals surface area contributed by atoms with Gasteiger partial charge in [0.2, 0.25) is 0 Å². The van der Waals surface area contributed by atoms with Crippen LogP contribution >= 0.6 is 11.3 Å². The van der Waals surface area contributed by atoms with Gasteiger partial charge < -0.3 is 5.32 Å². The van der Waals surface area contributed by atoms with E-state index in [1.807, 2.05) is 6.20 Å². The highest BCUT2D eigenvalue weighted by atomic mass is 32.1. The molecule has 1 N–H and O–H groups in total. The topological polar surface area (TPSA) is 37.8 Å². The second kappa shape index (κ2) is 5.00. The fourth-order valence-corrected chi connectivity index (χ4v) is 2.28. The fourth-order valence-electron chi connectivity index (χ4n) is 1.47. The van der Waals surface area contributed by atoms with Crippen LogP contribution in [0.5, 0.6) is 0 Å². The minimum absolute atomic E-state index is 0.170. The van der Waals surface area contributed by atoms with Gasteiger partial charge in [0.25, 0.3) is 0 Å². The average Bonchev–Trinajstić information content (AvgIpc) is 2.80. The van der Waals surface area contributed by atoms with E-state index >= 15 is 0 Å². The maximum atomic E-state index is 4.34. The van der Waals surface area contributed by atoms with Crippen LogP contribution in [0.2, 0.25) is 0 Å². The summed E-state index contributed by atoms with van der Waals surface area (Å²) < 4.78 is 0. The quantitative estimate of drug-likeness (QED) is 0.857. The van der Waals surface area contributed by atoms with Crippen molar-refractivity contribution in [2.75, 3.05) is 6.54 Å². The van der Waals surface area contributed by atoms with E-state index in [1.54, 1.807) is 23.7 Å². The van der Waals surface area contributed by atoms with E-state index in [1.165, 1.54) is 4.88 Å². The molecule has 0 amide bonds. The zero-order valence-corrected chi connectivity index (χ0v) is 9.37. The Labute approximate surface area is 93.2 Å². The molecule has 0 radical (unpaired) electrons. The Morgan fingerprint density at radius 3 is 3.00 bits per heavy atom. The maximum Gasteiger partial charge on any atom is 0.0860 e. The van der Waals surface area contributed by atoms with E-state index in [0.717, 1.165) is 12.2 Å². The molecule has 1 unspecified atom stereocenters. The van der Waals surface area contributed by atoms with Crippen molar-refractivity contribution in [2.45, 2.75) is 13.0 Å². The number of nitrogens with one attached hydrogen (secondary N) is 1. The van der Waals surface area contributed by atoms with Crippen molar-refractivity contribution in [1.29, 1.82) is 0 Å². The van der Waals surface area contributed by atoms with Crippen LogP contribution in [-0.2, 0) is 0 Å². The van der Waals surface area contributed by atoms with E-state index in [4.69, 9.17) is 0 Å². The first kappa shape index (κ1) is 10.3. The highest BCUT2D eigenvalue weighted by Crippen LogP contribution is 2.23. The molecule has 2 aromatic rings. The normalized spacial score (nSPS) is 12.6. The van der Waals surface area contributed by atoms with Gasteiger partial charge in [-0.2, -0.15) is 0 Å². The molecule has 2 rings (SSSR count). The van der Waals surface area contributed by atoms with E-state index in [2.05, 4.69) is 39.7 Å². The summed E-state index contributed by atoms with van der Waals surface area (Å²) in [5.41, 5.74) is 0.974. The largest absolute Gasteiger partial charge is 0.305 e. The Morgan fingerprint density at radius 1 is 1.47 bits per heavy atom. The number of rotatable bonds is 4. The van der Waals surface area contributed by atoms with Crippen LogP contribution in [0, 0.1) is 0 Å². The first-order chi connectivity index (χ1) is 7.42. The molecule has 0 saturated carbocycles. The van der Waals surface area contributed by atoms with E-state index < -0.39 is 0 Å². The van der Waals surface area contributed by atoms with Crippen LogP contribution in [0.25, 0.3) is 0 Å². The minimum Gasteiger partial charge on any atom is -0.305 e. The zero-order chi connectivity index (χ0) is 10.5. The lowest BCUT2D eigenvalue weighted by Crippen LogP contribution is -2.22. The third kappa shape index (κ3) is 2.40. The number of nitrogens with zero attached hydrogens (tertiary/aromatic N) is 2. The van der Waals surface area contributed by atoms with Crippen molar-refractivity contribution < 1.29 is 0 Å². The molecule has 0 aliphatic carbocycles. The smallest absolute Gasteiger partial charge is 0.0860 e. The number of hydrogen-bond acceptors (Lipinski definition) is 4. The third-order valence-corrected chi connectivity index (χ3v) is 3.05. The Bertz CT molecular complexity index is 385. The maximum absolute atomic E-state index is 4.34. The summed E-state index contributed by atoms with van der Waals surface area (Å²) in [5.74, 6) is 0. The molecule has 3 nitrogen and oxygen atoms in total. The highest BCUT2D eigenvalue weighted by molar-refractivity contribution is 7.10. The summed E-state index contributed by atoms with van der Waals surface area (Å²) in [6, 6.07) is 4.34. The molecule has 0 saturated heterocycles. The van der Waals surface area contributed by atoms with Gasteiger partial charge in [-0.1, -0.05) is 13.0 Å². The molecule has 1 atom stereocenters. The summed E-state index contributed by atoms with van der Waals surface area (Å²) in [4.78, 5) is 9.71. The fraction of sp³-hybridized carbons (Fsp3) is 0.273. The third-order valence-electron chi connectivity index (χ3n) is 2.11. The molecule has 0 bridgehead atoms. The van der Waals surface area contributed by atoms with Gasteiger partial charge in [-0.05, 0) is 18.0 Å². The van der Waals surface area contributed by atoms with Gasteiger partial charge in [0.15, 0.2) is 0 Å². The van der Waals surface area contributed by atoms with Crippen molar-refractivity contribution >= 4 is 11.3 Å². The van der Waals surface area contributed by atoms with Crippen molar-refractivity contribution in [3.05, 3.63) is 46.7 Å². The monoisotopic (exact) mass is 219 g/mol. The lowest BCUT2D eigenvalue weighted by Gasteiger charge is -2.14. The molecule has 0 fully saturated rings. The summed E-state index contributed by atoms with van der Waals surface area (Å²) in [6.07, 6.45) is 5.24. The van der Waals surface area contributed by atoms with E-state index in [9.17, 15) is 0 Å². The summed E-state index contributed by atoms with van der Waals surface area (Å²) in [5, 5.41) is 5.49. The van der Waals surface area contributed by atoms with E-state index in [-0.39, 0.29) is 6.04 Å². The number of thiophene rings is 1. The molecule has 2 heterocycles. The molecular formula is C11H13N3S. The first-order valence-corrected chi connectivity index (χ1v) is 5.82. The van der Waals surface area contributed by atoms with Gasteiger partial charge in [-0.3, -0.25) is 9.97 Å². The van der Waals surface area contributed by atoms with Crippen molar-refractivity contribution in [3.63, 3.8) is 0 Å². The highest BCUT2D eigenvalue weighted by Gasteiger charge is 2.14. The molecule has 0 aliphatic heterocycles. The Balaban J connectivity index is 2.28. The Kier molecular flexibility index (Phi) is 3.42. The standard InChI is InChI=1S/C11H13N3S/c1-2-13-11(10-4-3-7-15-10)9-8-12-5-6-14-9/h3-8,11,13H,2H2,1H3.